The lowest BCUT2D eigenvalue weighted by Gasteiger charge is -2.14. The predicted molar refractivity (Wildman–Crippen MR) is 83.8 cm³/mol. The number of aliphatic hydroxyl groups is 1. The molecular formula is C15H16Cl2N2O2. The second kappa shape index (κ2) is 6.98. The zero-order valence-electron chi connectivity index (χ0n) is 11.6. The Balaban J connectivity index is 2.35. The standard InChI is InChI=1S/C15H16Cl2N2O2/c1-2-14(21)18-8-10-4-3-7-19(10)13-6-5-12(16)11(9-20)15(13)17/h3-7,20H,2,8-9H2,1H3,(H,18,21). The third kappa shape index (κ3) is 3.40. The highest BCUT2D eigenvalue weighted by atomic mass is 35.5. The quantitative estimate of drug-likeness (QED) is 0.885. The first-order valence-corrected chi connectivity index (χ1v) is 7.35. The molecule has 0 aliphatic rings. The second-order valence-corrected chi connectivity index (χ2v) is 5.30. The third-order valence-electron chi connectivity index (χ3n) is 3.20. The number of carbonyl (C=O) groups is 1. The van der Waals surface area contributed by atoms with Crippen molar-refractivity contribution >= 4 is 29.1 Å². The molecule has 0 fully saturated rings. The van der Waals surface area contributed by atoms with Crippen molar-refractivity contribution in [2.75, 3.05) is 0 Å². The van der Waals surface area contributed by atoms with E-state index in [9.17, 15) is 9.90 Å². The molecule has 6 heteroatoms. The Labute approximate surface area is 133 Å². The predicted octanol–water partition coefficient (Wildman–Crippen LogP) is 3.30. The third-order valence-corrected chi connectivity index (χ3v) is 3.98. The highest BCUT2D eigenvalue weighted by molar-refractivity contribution is 6.37. The number of hydrogen-bond acceptors (Lipinski definition) is 2. The van der Waals surface area contributed by atoms with Crippen LogP contribution in [0.15, 0.2) is 30.5 Å². The van der Waals surface area contributed by atoms with Crippen molar-refractivity contribution in [3.05, 3.63) is 51.8 Å². The van der Waals surface area contributed by atoms with Gasteiger partial charge in [-0.2, -0.15) is 0 Å². The van der Waals surface area contributed by atoms with E-state index in [1.165, 1.54) is 0 Å². The molecule has 1 amide bonds. The molecule has 0 atom stereocenters. The molecule has 2 rings (SSSR count). The summed E-state index contributed by atoms with van der Waals surface area (Å²) in [5.74, 6) is -0.0130. The van der Waals surface area contributed by atoms with Gasteiger partial charge in [0.05, 0.1) is 23.9 Å². The minimum absolute atomic E-state index is 0.0130. The maximum atomic E-state index is 11.4. The SMILES string of the molecule is CCC(=O)NCc1cccn1-c1ccc(Cl)c(CO)c1Cl. The highest BCUT2D eigenvalue weighted by Gasteiger charge is 2.13. The molecule has 0 unspecified atom stereocenters. The van der Waals surface area contributed by atoms with Gasteiger partial charge in [-0.3, -0.25) is 4.79 Å². The Hall–Kier alpha value is -1.49. The molecule has 1 aromatic heterocycles. The smallest absolute Gasteiger partial charge is 0.220 e. The number of nitrogens with zero attached hydrogens (tertiary/aromatic N) is 1. The molecule has 0 saturated heterocycles. The molecular weight excluding hydrogens is 311 g/mol. The summed E-state index contributed by atoms with van der Waals surface area (Å²) in [6.45, 7) is 1.99. The van der Waals surface area contributed by atoms with Crippen LogP contribution in [0.25, 0.3) is 5.69 Å². The van der Waals surface area contributed by atoms with Crippen molar-refractivity contribution in [3.63, 3.8) is 0 Å². The van der Waals surface area contributed by atoms with Gasteiger partial charge < -0.3 is 15.0 Å². The number of aromatic nitrogens is 1. The van der Waals surface area contributed by atoms with E-state index in [4.69, 9.17) is 23.2 Å². The van der Waals surface area contributed by atoms with E-state index in [1.807, 2.05) is 22.9 Å². The molecule has 1 aromatic carbocycles. The number of aliphatic hydroxyl groups excluding tert-OH is 1. The van der Waals surface area contributed by atoms with E-state index in [1.54, 1.807) is 19.1 Å². The number of nitrogens with one attached hydrogen (secondary N) is 1. The number of carbonyl (C=O) groups excluding carboxylic acids is 1. The van der Waals surface area contributed by atoms with Crippen LogP contribution in [0, 0.1) is 0 Å². The van der Waals surface area contributed by atoms with Crippen LogP contribution in [0.2, 0.25) is 10.0 Å². The Morgan fingerprint density at radius 3 is 2.76 bits per heavy atom. The van der Waals surface area contributed by atoms with Gasteiger partial charge in [0, 0.05) is 28.9 Å². The van der Waals surface area contributed by atoms with Crippen molar-refractivity contribution in [2.24, 2.45) is 0 Å². The normalized spacial score (nSPS) is 10.7. The van der Waals surface area contributed by atoms with Gasteiger partial charge >= 0.3 is 0 Å². The van der Waals surface area contributed by atoms with E-state index >= 15 is 0 Å². The van der Waals surface area contributed by atoms with E-state index in [-0.39, 0.29) is 12.5 Å². The van der Waals surface area contributed by atoms with Crippen molar-refractivity contribution < 1.29 is 9.90 Å². The zero-order valence-corrected chi connectivity index (χ0v) is 13.1. The molecule has 2 N–H and O–H groups in total. The van der Waals surface area contributed by atoms with E-state index in [2.05, 4.69) is 5.32 Å². The summed E-state index contributed by atoms with van der Waals surface area (Å²) < 4.78 is 1.87. The molecule has 0 saturated carbocycles. The van der Waals surface area contributed by atoms with Crippen molar-refractivity contribution in [1.82, 2.24) is 9.88 Å². The molecule has 2 aromatic rings. The largest absolute Gasteiger partial charge is 0.392 e. The monoisotopic (exact) mass is 326 g/mol. The Morgan fingerprint density at radius 1 is 1.33 bits per heavy atom. The van der Waals surface area contributed by atoms with Crippen LogP contribution in [0.5, 0.6) is 0 Å². The lowest BCUT2D eigenvalue weighted by molar-refractivity contribution is -0.120. The van der Waals surface area contributed by atoms with Gasteiger partial charge in [-0.15, -0.1) is 0 Å². The van der Waals surface area contributed by atoms with E-state index in [0.29, 0.717) is 28.6 Å². The van der Waals surface area contributed by atoms with Crippen LogP contribution in [0.3, 0.4) is 0 Å². The maximum Gasteiger partial charge on any atom is 0.220 e. The first-order chi connectivity index (χ1) is 10.1. The second-order valence-electron chi connectivity index (χ2n) is 4.52. The zero-order chi connectivity index (χ0) is 15.4. The average molecular weight is 327 g/mol. The first kappa shape index (κ1) is 15.9. The van der Waals surface area contributed by atoms with Gasteiger partial charge in [0.15, 0.2) is 0 Å². The summed E-state index contributed by atoms with van der Waals surface area (Å²) >= 11 is 12.3. The van der Waals surface area contributed by atoms with Gasteiger partial charge in [0.2, 0.25) is 5.91 Å². The molecule has 0 radical (unpaired) electrons. The van der Waals surface area contributed by atoms with Crippen molar-refractivity contribution in [2.45, 2.75) is 26.5 Å². The minimum atomic E-state index is -0.228. The molecule has 4 nitrogen and oxygen atoms in total. The number of rotatable bonds is 5. The highest BCUT2D eigenvalue weighted by Crippen LogP contribution is 2.31. The fourth-order valence-electron chi connectivity index (χ4n) is 2.03. The number of amides is 1. The van der Waals surface area contributed by atoms with Crippen LogP contribution in [-0.4, -0.2) is 15.6 Å². The lowest BCUT2D eigenvalue weighted by atomic mass is 10.2. The summed E-state index contributed by atoms with van der Waals surface area (Å²) in [7, 11) is 0. The summed E-state index contributed by atoms with van der Waals surface area (Å²) in [4.78, 5) is 11.4. The summed E-state index contributed by atoms with van der Waals surface area (Å²) in [5, 5.41) is 13.0. The Bertz CT molecular complexity index is 653. The number of benzene rings is 1. The van der Waals surface area contributed by atoms with Gasteiger partial charge in [-0.25, -0.2) is 0 Å². The van der Waals surface area contributed by atoms with Crippen LogP contribution in [0.1, 0.15) is 24.6 Å². The summed E-state index contributed by atoms with van der Waals surface area (Å²) in [5.41, 5.74) is 2.11. The van der Waals surface area contributed by atoms with Crippen LogP contribution in [0.4, 0.5) is 0 Å². The van der Waals surface area contributed by atoms with Gasteiger partial charge in [-0.1, -0.05) is 30.1 Å². The van der Waals surface area contributed by atoms with Gasteiger partial charge in [0.25, 0.3) is 0 Å². The first-order valence-electron chi connectivity index (χ1n) is 6.59. The van der Waals surface area contributed by atoms with E-state index < -0.39 is 0 Å². The maximum absolute atomic E-state index is 11.4. The Morgan fingerprint density at radius 2 is 2.10 bits per heavy atom. The topological polar surface area (TPSA) is 54.3 Å². The lowest BCUT2D eigenvalue weighted by Crippen LogP contribution is -2.22. The molecule has 0 aliphatic carbocycles. The fraction of sp³-hybridized carbons (Fsp3) is 0.267. The molecule has 0 aliphatic heterocycles. The number of hydrogen-bond donors (Lipinski definition) is 2. The van der Waals surface area contributed by atoms with Gasteiger partial charge in [0.1, 0.15) is 0 Å². The van der Waals surface area contributed by atoms with Crippen molar-refractivity contribution in [1.29, 1.82) is 0 Å². The van der Waals surface area contributed by atoms with Crippen LogP contribution < -0.4 is 5.32 Å². The summed E-state index contributed by atoms with van der Waals surface area (Å²) in [6, 6.07) is 7.26. The molecule has 0 spiro atoms. The fourth-order valence-corrected chi connectivity index (χ4v) is 2.61. The molecule has 0 bridgehead atoms. The molecule has 1 heterocycles. The van der Waals surface area contributed by atoms with E-state index in [0.717, 1.165) is 11.4 Å². The van der Waals surface area contributed by atoms with Crippen LogP contribution >= 0.6 is 23.2 Å². The average Bonchev–Trinajstić information content (AvgIpc) is 2.93. The minimum Gasteiger partial charge on any atom is -0.392 e. The molecule has 112 valence electrons. The summed E-state index contributed by atoms with van der Waals surface area (Å²) in [6.07, 6.45) is 2.29. The van der Waals surface area contributed by atoms with Gasteiger partial charge in [-0.05, 0) is 24.3 Å². The number of halogens is 2. The molecule has 21 heavy (non-hydrogen) atoms. The van der Waals surface area contributed by atoms with Crippen LogP contribution in [-0.2, 0) is 17.9 Å². The van der Waals surface area contributed by atoms with Crippen molar-refractivity contribution in [3.8, 4) is 5.69 Å². The Kier molecular flexibility index (Phi) is 5.28.